The van der Waals surface area contributed by atoms with Gasteiger partial charge in [0.2, 0.25) is 5.91 Å². The van der Waals surface area contributed by atoms with Crippen molar-refractivity contribution in [3.05, 3.63) is 35.1 Å². The van der Waals surface area contributed by atoms with E-state index in [0.29, 0.717) is 6.07 Å². The second-order valence-electron chi connectivity index (χ2n) is 4.94. The molecule has 26 heavy (non-hydrogen) atoms. The summed E-state index contributed by atoms with van der Waals surface area (Å²) in [5.74, 6) is -1.87. The normalized spacial score (nSPS) is 11.8. The molecular weight excluding hydrogens is 377 g/mol. The highest BCUT2D eigenvalue weighted by atomic mass is 19.4. The van der Waals surface area contributed by atoms with E-state index in [1.807, 2.05) is 5.32 Å². The van der Waals surface area contributed by atoms with Gasteiger partial charge in [0.15, 0.2) is 6.61 Å². The maximum absolute atomic E-state index is 12.9. The minimum absolute atomic E-state index is 0.291. The van der Waals surface area contributed by atoms with Crippen LogP contribution < -0.4 is 10.6 Å². The zero-order valence-corrected chi connectivity index (χ0v) is 12.9. The van der Waals surface area contributed by atoms with Crippen molar-refractivity contribution in [3.8, 4) is 0 Å². The molecule has 0 unspecified atom stereocenters. The Bertz CT molecular complexity index is 644. The molecule has 0 spiro atoms. The maximum atomic E-state index is 12.9. The van der Waals surface area contributed by atoms with Crippen molar-refractivity contribution >= 4 is 12.0 Å². The third kappa shape index (κ3) is 8.03. The Labute approximate surface area is 142 Å². The van der Waals surface area contributed by atoms with Gasteiger partial charge >= 0.3 is 18.4 Å². The fraction of sp³-hybridized carbons (Fsp3) is 0.429. The molecule has 0 saturated carbocycles. The van der Waals surface area contributed by atoms with Gasteiger partial charge in [-0.2, -0.15) is 26.3 Å². The second-order valence-corrected chi connectivity index (χ2v) is 4.94. The lowest BCUT2D eigenvalue weighted by molar-refractivity contribution is -0.160. The van der Waals surface area contributed by atoms with Crippen LogP contribution in [0.5, 0.6) is 0 Å². The van der Waals surface area contributed by atoms with Crippen LogP contribution in [0.3, 0.4) is 0 Å². The highest BCUT2D eigenvalue weighted by Crippen LogP contribution is 2.32. The number of carbonyl (C=O) groups excluding carboxylic acids is 2. The number of alkyl carbamates (subject to hydrolysis) is 1. The first-order valence-corrected chi connectivity index (χ1v) is 6.98. The first-order chi connectivity index (χ1) is 11.9. The van der Waals surface area contributed by atoms with Crippen LogP contribution in [0.2, 0.25) is 0 Å². The van der Waals surface area contributed by atoms with Gasteiger partial charge in [-0.3, -0.25) is 4.79 Å². The lowest BCUT2D eigenvalue weighted by atomic mass is 10.1. The predicted octanol–water partition coefficient (Wildman–Crippen LogP) is 3.14. The molecule has 0 radical (unpaired) electrons. The summed E-state index contributed by atoms with van der Waals surface area (Å²) < 4.78 is 90.5. The first kappa shape index (κ1) is 21.5. The molecule has 0 aromatic heterocycles. The molecule has 0 bridgehead atoms. The van der Waals surface area contributed by atoms with Crippen LogP contribution in [0.1, 0.15) is 17.5 Å². The Kier molecular flexibility index (Phi) is 7.21. The van der Waals surface area contributed by atoms with Gasteiger partial charge in [0, 0.05) is 19.5 Å². The number of halogens is 7. The fourth-order valence-electron chi connectivity index (χ4n) is 1.73. The minimum atomic E-state index is -4.81. The molecule has 0 aliphatic rings. The van der Waals surface area contributed by atoms with Crippen molar-refractivity contribution in [3.63, 3.8) is 0 Å². The fourth-order valence-corrected chi connectivity index (χ4v) is 1.73. The van der Waals surface area contributed by atoms with Gasteiger partial charge in [-0.1, -0.05) is 6.07 Å². The van der Waals surface area contributed by atoms with E-state index in [1.54, 1.807) is 0 Å². The zero-order valence-electron chi connectivity index (χ0n) is 12.9. The van der Waals surface area contributed by atoms with E-state index in [2.05, 4.69) is 10.1 Å². The molecule has 0 aliphatic heterocycles. The Hall–Kier alpha value is -2.53. The van der Waals surface area contributed by atoms with Crippen LogP contribution in [-0.4, -0.2) is 31.3 Å². The quantitative estimate of drug-likeness (QED) is 0.734. The van der Waals surface area contributed by atoms with Crippen molar-refractivity contribution in [1.29, 1.82) is 0 Å². The number of carbonyl (C=O) groups is 2. The number of amides is 2. The van der Waals surface area contributed by atoms with Crippen molar-refractivity contribution < 1.29 is 45.1 Å². The highest BCUT2D eigenvalue weighted by Gasteiger charge is 2.33. The second kappa shape index (κ2) is 8.72. The Morgan fingerprint density at radius 1 is 1.04 bits per heavy atom. The molecule has 1 rings (SSSR count). The van der Waals surface area contributed by atoms with Crippen molar-refractivity contribution in [2.24, 2.45) is 0 Å². The van der Waals surface area contributed by atoms with E-state index < -0.39 is 61.9 Å². The average molecular weight is 390 g/mol. The molecule has 2 amide bonds. The number of alkyl halides is 6. The van der Waals surface area contributed by atoms with Crippen molar-refractivity contribution in [2.45, 2.75) is 25.3 Å². The summed E-state index contributed by atoms with van der Waals surface area (Å²) in [4.78, 5) is 22.4. The lowest BCUT2D eigenvalue weighted by Crippen LogP contribution is -2.33. The molecule has 5 nitrogen and oxygen atoms in total. The molecule has 1 aromatic rings. The van der Waals surface area contributed by atoms with Gasteiger partial charge in [0.25, 0.3) is 0 Å². The minimum Gasteiger partial charge on any atom is -0.440 e. The predicted molar refractivity (Wildman–Crippen MR) is 73.3 cm³/mol. The number of ether oxygens (including phenoxy) is 1. The molecule has 0 atom stereocenters. The topological polar surface area (TPSA) is 67.4 Å². The number of rotatable bonds is 6. The molecule has 1 aromatic carbocycles. The SMILES string of the molecule is O=C(CCNC(=O)OCC(F)(F)F)NCc1ccc(F)cc1C(F)(F)F. The van der Waals surface area contributed by atoms with E-state index in [-0.39, 0.29) is 5.56 Å². The summed E-state index contributed by atoms with van der Waals surface area (Å²) in [7, 11) is 0. The van der Waals surface area contributed by atoms with E-state index >= 15 is 0 Å². The molecule has 146 valence electrons. The van der Waals surface area contributed by atoms with Crippen LogP contribution >= 0.6 is 0 Å². The summed E-state index contributed by atoms with van der Waals surface area (Å²) >= 11 is 0. The van der Waals surface area contributed by atoms with Gasteiger partial charge in [-0.15, -0.1) is 0 Å². The van der Waals surface area contributed by atoms with Crippen LogP contribution in [0, 0.1) is 5.82 Å². The summed E-state index contributed by atoms with van der Waals surface area (Å²) in [5, 5.41) is 4.00. The lowest BCUT2D eigenvalue weighted by Gasteiger charge is -2.14. The number of benzene rings is 1. The number of hydrogen-bond acceptors (Lipinski definition) is 3. The van der Waals surface area contributed by atoms with Crippen molar-refractivity contribution in [2.75, 3.05) is 13.2 Å². The molecule has 12 heteroatoms. The summed E-state index contributed by atoms with van der Waals surface area (Å²) in [6.07, 6.45) is -11.3. The molecule has 0 fully saturated rings. The van der Waals surface area contributed by atoms with Crippen molar-refractivity contribution in [1.82, 2.24) is 10.6 Å². The van der Waals surface area contributed by atoms with Gasteiger partial charge in [0.05, 0.1) is 5.56 Å². The van der Waals surface area contributed by atoms with Gasteiger partial charge < -0.3 is 15.4 Å². The monoisotopic (exact) mass is 390 g/mol. The standard InChI is InChI=1S/C14H13F7N2O3/c15-9-2-1-8(10(5-9)14(19,20)21)6-23-11(24)3-4-22-12(25)26-7-13(16,17)18/h1-2,5H,3-4,6-7H2,(H,22,25)(H,23,24). The van der Waals surface area contributed by atoms with E-state index in [0.717, 1.165) is 12.1 Å². The van der Waals surface area contributed by atoms with Crippen LogP contribution in [0.15, 0.2) is 18.2 Å². The van der Waals surface area contributed by atoms with Gasteiger partial charge in [0.1, 0.15) is 5.82 Å². The van der Waals surface area contributed by atoms with Crippen LogP contribution in [0.4, 0.5) is 35.5 Å². The van der Waals surface area contributed by atoms with E-state index in [9.17, 15) is 40.3 Å². The third-order valence-corrected chi connectivity index (χ3v) is 2.84. The number of hydrogen-bond donors (Lipinski definition) is 2. The van der Waals surface area contributed by atoms with Gasteiger partial charge in [-0.25, -0.2) is 9.18 Å². The first-order valence-electron chi connectivity index (χ1n) is 6.98. The molecule has 0 saturated heterocycles. The van der Waals surface area contributed by atoms with Crippen LogP contribution in [-0.2, 0) is 22.3 Å². The Morgan fingerprint density at radius 2 is 1.69 bits per heavy atom. The van der Waals surface area contributed by atoms with E-state index in [1.165, 1.54) is 0 Å². The smallest absolute Gasteiger partial charge is 0.422 e. The summed E-state index contributed by atoms with van der Waals surface area (Å²) in [5.41, 5.74) is -1.61. The summed E-state index contributed by atoms with van der Waals surface area (Å²) in [6.45, 7) is -2.74. The Morgan fingerprint density at radius 3 is 2.27 bits per heavy atom. The molecule has 0 heterocycles. The summed E-state index contributed by atoms with van der Waals surface area (Å²) in [6, 6.07) is 1.96. The molecule has 2 N–H and O–H groups in total. The third-order valence-electron chi connectivity index (χ3n) is 2.84. The van der Waals surface area contributed by atoms with Gasteiger partial charge in [-0.05, 0) is 17.7 Å². The average Bonchev–Trinajstić information content (AvgIpc) is 2.50. The highest BCUT2D eigenvalue weighted by molar-refractivity contribution is 5.77. The molecule has 0 aliphatic carbocycles. The van der Waals surface area contributed by atoms with Crippen LogP contribution in [0.25, 0.3) is 0 Å². The van der Waals surface area contributed by atoms with E-state index in [4.69, 9.17) is 0 Å². The Balaban J connectivity index is 2.43. The largest absolute Gasteiger partial charge is 0.440 e. The molecular formula is C14H13F7N2O3. The maximum Gasteiger partial charge on any atom is 0.422 e. The zero-order chi connectivity index (χ0) is 20.0. The number of nitrogens with one attached hydrogen (secondary N) is 2.